The van der Waals surface area contributed by atoms with E-state index in [4.69, 9.17) is 15.3 Å². The van der Waals surface area contributed by atoms with Crippen LogP contribution in [0.5, 0.6) is 11.5 Å². The summed E-state index contributed by atoms with van der Waals surface area (Å²) in [5.74, 6) is 8.04. The maximum absolute atomic E-state index is 5.70. The van der Waals surface area contributed by atoms with Crippen LogP contribution < -0.4 is 20.7 Å². The molecule has 104 valence electrons. The summed E-state index contributed by atoms with van der Waals surface area (Å²) in [6.07, 6.45) is 1.62. The second-order valence-corrected chi connectivity index (χ2v) is 4.89. The normalized spacial score (nSPS) is 13.1. The van der Waals surface area contributed by atoms with Gasteiger partial charge in [0.05, 0.1) is 6.21 Å². The molecule has 0 unspecified atom stereocenters. The summed E-state index contributed by atoms with van der Waals surface area (Å²) in [6, 6.07) is 3.66. The van der Waals surface area contributed by atoms with Crippen molar-refractivity contribution < 1.29 is 9.47 Å². The average Bonchev–Trinajstić information content (AvgIpc) is 2.99. The van der Waals surface area contributed by atoms with E-state index in [0.29, 0.717) is 23.3 Å². The average molecular weight is 339 g/mol. The number of ether oxygens (including phenoxy) is 2. The molecule has 9 heteroatoms. The molecule has 1 aliphatic rings. The number of halogens is 1. The molecule has 0 radical (unpaired) electrons. The van der Waals surface area contributed by atoms with Gasteiger partial charge in [-0.1, -0.05) is 0 Å². The molecule has 20 heavy (non-hydrogen) atoms. The summed E-state index contributed by atoms with van der Waals surface area (Å²) in [5, 5.41) is 11.7. The summed E-state index contributed by atoms with van der Waals surface area (Å²) in [5.41, 5.74) is 3.55. The van der Waals surface area contributed by atoms with Crippen molar-refractivity contribution in [2.45, 2.75) is 6.92 Å². The first-order chi connectivity index (χ1) is 9.65. The van der Waals surface area contributed by atoms with Crippen LogP contribution in [0.25, 0.3) is 0 Å². The Bertz CT molecular complexity index is 684. The minimum Gasteiger partial charge on any atom is -0.454 e. The number of benzene rings is 1. The highest BCUT2D eigenvalue weighted by atomic mass is 79.9. The summed E-state index contributed by atoms with van der Waals surface area (Å²) < 4.78 is 12.7. The molecular formula is C11H11BrN6O2. The predicted octanol–water partition coefficient (Wildman–Crippen LogP) is 1.24. The van der Waals surface area contributed by atoms with Crippen LogP contribution in [-0.4, -0.2) is 27.9 Å². The second kappa shape index (κ2) is 5.00. The van der Waals surface area contributed by atoms with Gasteiger partial charge in [-0.2, -0.15) is 5.10 Å². The SMILES string of the molecule is Cc1nnc(NN=Cc2cc3c(cc2Br)OCO3)n1N. The highest BCUT2D eigenvalue weighted by Crippen LogP contribution is 2.36. The van der Waals surface area contributed by atoms with Gasteiger partial charge in [0.25, 0.3) is 5.95 Å². The third-order valence-corrected chi connectivity index (χ3v) is 3.41. The van der Waals surface area contributed by atoms with E-state index in [1.54, 1.807) is 13.1 Å². The Morgan fingerprint density at radius 2 is 2.15 bits per heavy atom. The number of fused-ring (bicyclic) bond motifs is 1. The van der Waals surface area contributed by atoms with Crippen molar-refractivity contribution in [2.75, 3.05) is 18.1 Å². The minimum absolute atomic E-state index is 0.232. The van der Waals surface area contributed by atoms with Crippen molar-refractivity contribution in [1.82, 2.24) is 14.9 Å². The van der Waals surface area contributed by atoms with Gasteiger partial charge in [0, 0.05) is 10.0 Å². The third kappa shape index (κ3) is 2.27. The van der Waals surface area contributed by atoms with Crippen LogP contribution in [0, 0.1) is 6.92 Å². The van der Waals surface area contributed by atoms with Crippen LogP contribution in [0.4, 0.5) is 5.95 Å². The van der Waals surface area contributed by atoms with E-state index in [0.717, 1.165) is 10.0 Å². The predicted molar refractivity (Wildman–Crippen MR) is 76.4 cm³/mol. The Morgan fingerprint density at radius 3 is 2.85 bits per heavy atom. The van der Waals surface area contributed by atoms with Crippen molar-refractivity contribution in [1.29, 1.82) is 0 Å². The number of hydrogen-bond donors (Lipinski definition) is 2. The highest BCUT2D eigenvalue weighted by Gasteiger charge is 2.15. The molecule has 3 rings (SSSR count). The van der Waals surface area contributed by atoms with Gasteiger partial charge in [0.15, 0.2) is 17.3 Å². The smallest absolute Gasteiger partial charge is 0.263 e. The second-order valence-electron chi connectivity index (χ2n) is 4.04. The largest absolute Gasteiger partial charge is 0.454 e. The van der Waals surface area contributed by atoms with Crippen molar-refractivity contribution in [3.63, 3.8) is 0 Å². The van der Waals surface area contributed by atoms with E-state index in [9.17, 15) is 0 Å². The van der Waals surface area contributed by atoms with Gasteiger partial charge in [0.1, 0.15) is 0 Å². The molecule has 1 aromatic heterocycles. The maximum atomic E-state index is 5.70. The molecule has 0 atom stereocenters. The summed E-state index contributed by atoms with van der Waals surface area (Å²) in [6.45, 7) is 1.98. The van der Waals surface area contributed by atoms with Gasteiger partial charge in [-0.25, -0.2) is 10.1 Å². The lowest BCUT2D eigenvalue weighted by atomic mass is 10.2. The lowest BCUT2D eigenvalue weighted by Crippen LogP contribution is -2.13. The van der Waals surface area contributed by atoms with Gasteiger partial charge in [0.2, 0.25) is 6.79 Å². The van der Waals surface area contributed by atoms with Gasteiger partial charge < -0.3 is 15.3 Å². The fraction of sp³-hybridized carbons (Fsp3) is 0.182. The van der Waals surface area contributed by atoms with Crippen molar-refractivity contribution in [2.24, 2.45) is 5.10 Å². The maximum Gasteiger partial charge on any atom is 0.263 e. The monoisotopic (exact) mass is 338 g/mol. The number of nitrogens with one attached hydrogen (secondary N) is 1. The fourth-order valence-electron chi connectivity index (χ4n) is 1.64. The standard InChI is InChI=1S/C11H11BrN6O2/c1-6-15-17-11(18(6)13)16-14-4-7-2-9-10(3-8(7)12)20-5-19-9/h2-4H,5,13H2,1H3,(H,16,17). The first kappa shape index (κ1) is 12.7. The molecule has 8 nitrogen and oxygen atoms in total. The van der Waals surface area contributed by atoms with E-state index in [-0.39, 0.29) is 6.79 Å². The van der Waals surface area contributed by atoms with Gasteiger partial charge in [-0.05, 0) is 35.0 Å². The quantitative estimate of drug-likeness (QED) is 0.496. The number of hydrogen-bond acceptors (Lipinski definition) is 7. The Morgan fingerprint density at radius 1 is 1.40 bits per heavy atom. The number of aryl methyl sites for hydroxylation is 1. The zero-order valence-corrected chi connectivity index (χ0v) is 12.1. The van der Waals surface area contributed by atoms with Crippen LogP contribution in [-0.2, 0) is 0 Å². The third-order valence-electron chi connectivity index (χ3n) is 2.73. The zero-order valence-electron chi connectivity index (χ0n) is 10.5. The van der Waals surface area contributed by atoms with Crippen LogP contribution in [0.1, 0.15) is 11.4 Å². The van der Waals surface area contributed by atoms with E-state index < -0.39 is 0 Å². The van der Waals surface area contributed by atoms with Crippen LogP contribution >= 0.6 is 15.9 Å². The number of nitrogens with two attached hydrogens (primary N) is 1. The van der Waals surface area contributed by atoms with E-state index in [2.05, 4.69) is 36.7 Å². The van der Waals surface area contributed by atoms with E-state index in [1.807, 2.05) is 12.1 Å². The molecule has 0 saturated carbocycles. The van der Waals surface area contributed by atoms with Crippen LogP contribution in [0.3, 0.4) is 0 Å². The fourth-order valence-corrected chi connectivity index (χ4v) is 2.06. The highest BCUT2D eigenvalue weighted by molar-refractivity contribution is 9.10. The van der Waals surface area contributed by atoms with Crippen LogP contribution in [0.15, 0.2) is 21.7 Å². The Labute approximate surface area is 122 Å². The molecule has 1 aromatic carbocycles. The molecule has 0 spiro atoms. The van der Waals surface area contributed by atoms with Crippen molar-refractivity contribution >= 4 is 28.1 Å². The first-order valence-electron chi connectivity index (χ1n) is 5.70. The molecule has 0 bridgehead atoms. The lowest BCUT2D eigenvalue weighted by Gasteiger charge is -2.02. The molecule has 2 heterocycles. The summed E-state index contributed by atoms with van der Waals surface area (Å²) in [7, 11) is 0. The molecule has 2 aromatic rings. The molecule has 0 fully saturated rings. The van der Waals surface area contributed by atoms with Gasteiger partial charge in [-0.15, -0.1) is 10.2 Å². The number of rotatable bonds is 3. The summed E-state index contributed by atoms with van der Waals surface area (Å²) >= 11 is 3.44. The minimum atomic E-state index is 0.232. The molecule has 0 aliphatic carbocycles. The van der Waals surface area contributed by atoms with Gasteiger partial charge in [-0.3, -0.25) is 0 Å². The van der Waals surface area contributed by atoms with Crippen molar-refractivity contribution in [3.8, 4) is 11.5 Å². The Balaban J connectivity index is 1.78. The lowest BCUT2D eigenvalue weighted by molar-refractivity contribution is 0.174. The Hall–Kier alpha value is -2.29. The molecule has 0 amide bonds. The molecule has 0 saturated heterocycles. The molecular weight excluding hydrogens is 328 g/mol. The van der Waals surface area contributed by atoms with E-state index in [1.165, 1.54) is 4.68 Å². The van der Waals surface area contributed by atoms with E-state index >= 15 is 0 Å². The number of hydrazone groups is 1. The van der Waals surface area contributed by atoms with Crippen molar-refractivity contribution in [3.05, 3.63) is 28.0 Å². The topological polar surface area (TPSA) is 99.6 Å². The number of aromatic nitrogens is 3. The Kier molecular flexibility index (Phi) is 3.18. The number of nitrogens with zero attached hydrogens (tertiary/aromatic N) is 4. The molecule has 1 aliphatic heterocycles. The number of nitrogen functional groups attached to an aromatic ring is 1. The number of anilines is 1. The first-order valence-corrected chi connectivity index (χ1v) is 6.50. The van der Waals surface area contributed by atoms with Gasteiger partial charge >= 0.3 is 0 Å². The van der Waals surface area contributed by atoms with Crippen LogP contribution in [0.2, 0.25) is 0 Å². The summed E-state index contributed by atoms with van der Waals surface area (Å²) in [4.78, 5) is 0. The zero-order chi connectivity index (χ0) is 14.1. The molecule has 3 N–H and O–H groups in total.